The number of hydrogen-bond donors (Lipinski definition) is 2. The first-order valence-electron chi connectivity index (χ1n) is 9.55. The second-order valence-corrected chi connectivity index (χ2v) is 7.08. The number of aromatic carboxylic acids is 1. The Hall–Kier alpha value is -4.02. The van der Waals surface area contributed by atoms with E-state index in [0.29, 0.717) is 11.1 Å². The fourth-order valence-corrected chi connectivity index (χ4v) is 3.39. The molecule has 2 aromatic carbocycles. The van der Waals surface area contributed by atoms with Gasteiger partial charge in [-0.05, 0) is 42.3 Å². The molecule has 0 spiro atoms. The first-order valence-corrected chi connectivity index (χ1v) is 9.55. The molecule has 0 saturated heterocycles. The van der Waals surface area contributed by atoms with Gasteiger partial charge in [-0.2, -0.15) is 0 Å². The second-order valence-electron chi connectivity index (χ2n) is 7.08. The van der Waals surface area contributed by atoms with Crippen LogP contribution >= 0.6 is 0 Å². The van der Waals surface area contributed by atoms with Gasteiger partial charge in [0.15, 0.2) is 0 Å². The summed E-state index contributed by atoms with van der Waals surface area (Å²) in [6.45, 7) is 1.59. The summed E-state index contributed by atoms with van der Waals surface area (Å²) < 4.78 is 46.0. The van der Waals surface area contributed by atoms with Crippen LogP contribution in [0.1, 0.15) is 34.5 Å². The van der Waals surface area contributed by atoms with Gasteiger partial charge in [-0.3, -0.25) is 4.90 Å². The van der Waals surface area contributed by atoms with E-state index in [0.717, 1.165) is 12.1 Å². The van der Waals surface area contributed by atoms with E-state index in [1.54, 1.807) is 19.1 Å². The van der Waals surface area contributed by atoms with Gasteiger partial charge in [0.05, 0.1) is 30.8 Å². The van der Waals surface area contributed by atoms with Crippen LogP contribution in [0.5, 0.6) is 5.75 Å². The Balaban J connectivity index is 1.92. The number of allylic oxidation sites excluding steroid dienone is 1. The molecule has 33 heavy (non-hydrogen) atoms. The number of alkyl halides is 3. The number of rotatable bonds is 6. The highest BCUT2D eigenvalue weighted by Crippen LogP contribution is 2.33. The molecule has 2 amide bonds. The van der Waals surface area contributed by atoms with Crippen molar-refractivity contribution in [3.8, 4) is 5.75 Å². The summed E-state index contributed by atoms with van der Waals surface area (Å²) in [5.41, 5.74) is 1.44. The standard InChI is InChI=1S/C22H19F3N2O6/c1-12-17(20(30)32-2)18(14-7-9-16(10-8-14)33-22(23,24)25)26-21(31)27(12)11-13-3-5-15(6-4-13)19(28)29/h3-10,18H,11H2,1-2H3,(H,26,31)(H,28,29). The van der Waals surface area contributed by atoms with Gasteiger partial charge in [0.2, 0.25) is 0 Å². The number of urea groups is 1. The Kier molecular flexibility index (Phi) is 6.61. The van der Waals surface area contributed by atoms with Crippen molar-refractivity contribution in [3.05, 3.63) is 76.5 Å². The SMILES string of the molecule is COC(=O)C1=C(C)N(Cc2ccc(C(=O)O)cc2)C(=O)NC1c1ccc(OC(F)(F)F)cc1. The number of carboxylic acids is 1. The molecule has 1 aliphatic rings. The highest BCUT2D eigenvalue weighted by Gasteiger charge is 2.36. The Bertz CT molecular complexity index is 1090. The molecular weight excluding hydrogens is 445 g/mol. The quantitative estimate of drug-likeness (QED) is 0.627. The predicted molar refractivity (Wildman–Crippen MR) is 108 cm³/mol. The summed E-state index contributed by atoms with van der Waals surface area (Å²) in [7, 11) is 1.17. The van der Waals surface area contributed by atoms with E-state index in [1.807, 2.05) is 0 Å². The van der Waals surface area contributed by atoms with Crippen LogP contribution in [0.2, 0.25) is 0 Å². The lowest BCUT2D eigenvalue weighted by Crippen LogP contribution is -2.47. The molecule has 11 heteroatoms. The molecular formula is C22H19F3N2O6. The van der Waals surface area contributed by atoms with Crippen LogP contribution < -0.4 is 10.1 Å². The van der Waals surface area contributed by atoms with Gasteiger partial charge in [-0.1, -0.05) is 24.3 Å². The van der Waals surface area contributed by atoms with Gasteiger partial charge >= 0.3 is 24.3 Å². The molecule has 1 heterocycles. The van der Waals surface area contributed by atoms with E-state index in [-0.39, 0.29) is 23.4 Å². The van der Waals surface area contributed by atoms with Gasteiger partial charge < -0.3 is 19.9 Å². The van der Waals surface area contributed by atoms with Crippen molar-refractivity contribution in [1.29, 1.82) is 0 Å². The van der Waals surface area contributed by atoms with Crippen molar-refractivity contribution >= 4 is 18.0 Å². The lowest BCUT2D eigenvalue weighted by Gasteiger charge is -2.35. The fraction of sp³-hybridized carbons (Fsp3) is 0.227. The molecule has 0 bridgehead atoms. The van der Waals surface area contributed by atoms with E-state index in [4.69, 9.17) is 9.84 Å². The van der Waals surface area contributed by atoms with Crippen LogP contribution in [0, 0.1) is 0 Å². The molecule has 0 aliphatic carbocycles. The molecule has 1 aliphatic heterocycles. The van der Waals surface area contributed by atoms with Gasteiger partial charge in [-0.15, -0.1) is 13.2 Å². The Morgan fingerprint density at radius 2 is 1.70 bits per heavy atom. The minimum absolute atomic E-state index is 0.0448. The Morgan fingerprint density at radius 3 is 2.21 bits per heavy atom. The highest BCUT2D eigenvalue weighted by molar-refractivity contribution is 5.95. The van der Waals surface area contributed by atoms with E-state index >= 15 is 0 Å². The van der Waals surface area contributed by atoms with Crippen LogP contribution in [-0.2, 0) is 16.1 Å². The van der Waals surface area contributed by atoms with Crippen molar-refractivity contribution in [2.45, 2.75) is 25.9 Å². The number of carbonyl (C=O) groups excluding carboxylic acids is 2. The lowest BCUT2D eigenvalue weighted by atomic mass is 9.94. The largest absolute Gasteiger partial charge is 0.573 e. The fourth-order valence-electron chi connectivity index (χ4n) is 3.39. The smallest absolute Gasteiger partial charge is 0.478 e. The average molecular weight is 464 g/mol. The molecule has 0 aromatic heterocycles. The maximum absolute atomic E-state index is 12.8. The number of amides is 2. The molecule has 8 nitrogen and oxygen atoms in total. The zero-order chi connectivity index (χ0) is 24.3. The molecule has 0 saturated carbocycles. The van der Waals surface area contributed by atoms with E-state index < -0.39 is 36.1 Å². The van der Waals surface area contributed by atoms with Crippen molar-refractivity contribution in [3.63, 3.8) is 0 Å². The van der Waals surface area contributed by atoms with Crippen LogP contribution in [0.15, 0.2) is 59.8 Å². The van der Waals surface area contributed by atoms with Gasteiger partial charge in [-0.25, -0.2) is 14.4 Å². The number of esters is 1. The van der Waals surface area contributed by atoms with Gasteiger partial charge in [0.1, 0.15) is 5.75 Å². The molecule has 1 unspecified atom stereocenters. The van der Waals surface area contributed by atoms with Crippen molar-refractivity contribution in [1.82, 2.24) is 10.2 Å². The van der Waals surface area contributed by atoms with Gasteiger partial charge in [0.25, 0.3) is 0 Å². The third-order valence-corrected chi connectivity index (χ3v) is 4.99. The Labute approximate surface area is 186 Å². The topological polar surface area (TPSA) is 105 Å². The van der Waals surface area contributed by atoms with Gasteiger partial charge in [0, 0.05) is 5.70 Å². The summed E-state index contributed by atoms with van der Waals surface area (Å²) in [4.78, 5) is 37.7. The molecule has 3 rings (SSSR count). The zero-order valence-electron chi connectivity index (χ0n) is 17.5. The number of carbonyl (C=O) groups is 3. The van der Waals surface area contributed by atoms with Crippen LogP contribution in [0.4, 0.5) is 18.0 Å². The third kappa shape index (κ3) is 5.43. The number of hydrogen-bond acceptors (Lipinski definition) is 5. The summed E-state index contributed by atoms with van der Waals surface area (Å²) in [5, 5.41) is 11.7. The summed E-state index contributed by atoms with van der Waals surface area (Å²) in [6, 6.07) is 9.15. The minimum Gasteiger partial charge on any atom is -0.478 e. The number of ether oxygens (including phenoxy) is 2. The first-order chi connectivity index (χ1) is 15.5. The number of carboxylic acid groups (broad SMARTS) is 1. The highest BCUT2D eigenvalue weighted by atomic mass is 19.4. The Morgan fingerprint density at radius 1 is 1.09 bits per heavy atom. The molecule has 1 atom stereocenters. The summed E-state index contributed by atoms with van der Waals surface area (Å²) >= 11 is 0. The van der Waals surface area contributed by atoms with E-state index in [2.05, 4.69) is 10.1 Å². The third-order valence-electron chi connectivity index (χ3n) is 4.99. The number of halogens is 3. The van der Waals surface area contributed by atoms with Crippen LogP contribution in [0.25, 0.3) is 0 Å². The summed E-state index contributed by atoms with van der Waals surface area (Å²) in [6.07, 6.45) is -4.85. The molecule has 2 N–H and O–H groups in total. The second kappa shape index (κ2) is 9.23. The maximum Gasteiger partial charge on any atom is 0.573 e. The minimum atomic E-state index is -4.85. The van der Waals surface area contributed by atoms with Crippen molar-refractivity contribution < 1.29 is 42.1 Å². The number of nitrogens with one attached hydrogen (secondary N) is 1. The molecule has 174 valence electrons. The van der Waals surface area contributed by atoms with E-state index in [9.17, 15) is 27.6 Å². The molecule has 0 radical (unpaired) electrons. The maximum atomic E-state index is 12.8. The van der Waals surface area contributed by atoms with Crippen molar-refractivity contribution in [2.75, 3.05) is 7.11 Å². The van der Waals surface area contributed by atoms with Crippen LogP contribution in [0.3, 0.4) is 0 Å². The number of methoxy groups -OCH3 is 1. The summed E-state index contributed by atoms with van der Waals surface area (Å²) in [5.74, 6) is -2.25. The predicted octanol–water partition coefficient (Wildman–Crippen LogP) is 4.00. The average Bonchev–Trinajstić information content (AvgIpc) is 2.75. The van der Waals surface area contributed by atoms with Crippen molar-refractivity contribution in [2.24, 2.45) is 0 Å². The zero-order valence-corrected chi connectivity index (χ0v) is 17.5. The van der Waals surface area contributed by atoms with Crippen LogP contribution in [-0.4, -0.2) is 41.4 Å². The molecule has 2 aromatic rings. The first kappa shape index (κ1) is 23.6. The lowest BCUT2D eigenvalue weighted by molar-refractivity contribution is -0.274. The number of benzene rings is 2. The normalized spacial score (nSPS) is 16.3. The monoisotopic (exact) mass is 464 g/mol. The number of nitrogens with zero attached hydrogens (tertiary/aromatic N) is 1. The van der Waals surface area contributed by atoms with E-state index in [1.165, 1.54) is 36.3 Å². The molecule has 0 fully saturated rings.